The molecule has 10 heteroatoms. The molecule has 0 saturated heterocycles. The quantitative estimate of drug-likeness (QED) is 0.229. The molecule has 0 aliphatic heterocycles. The van der Waals surface area contributed by atoms with Gasteiger partial charge in [-0.2, -0.15) is 0 Å². The monoisotopic (exact) mass is 643 g/mol. The van der Waals surface area contributed by atoms with Crippen LogP contribution in [-0.2, 0) is 32.6 Å². The lowest BCUT2D eigenvalue weighted by Gasteiger charge is -2.33. The fourth-order valence-corrected chi connectivity index (χ4v) is 6.87. The van der Waals surface area contributed by atoms with Gasteiger partial charge in [0, 0.05) is 42.0 Å². The number of hydrogen-bond donors (Lipinski definition) is 1. The number of halogens is 2. The van der Waals surface area contributed by atoms with Crippen molar-refractivity contribution in [1.29, 1.82) is 0 Å². The molecule has 1 unspecified atom stereocenters. The molecule has 1 saturated carbocycles. The maximum atomic E-state index is 14.0. The number of benzene rings is 3. The second kappa shape index (κ2) is 15.1. The molecular weight excluding hydrogens is 605 g/mol. The first-order chi connectivity index (χ1) is 20.5. The van der Waals surface area contributed by atoms with Crippen molar-refractivity contribution in [3.63, 3.8) is 0 Å². The zero-order chi connectivity index (χ0) is 31.0. The molecule has 0 radical (unpaired) electrons. The van der Waals surface area contributed by atoms with Gasteiger partial charge in [0.1, 0.15) is 6.04 Å². The highest BCUT2D eigenvalue weighted by atomic mass is 35.5. The predicted octanol–water partition coefficient (Wildman–Crippen LogP) is 6.55. The Morgan fingerprint density at radius 3 is 2.26 bits per heavy atom. The van der Waals surface area contributed by atoms with Crippen LogP contribution in [0.2, 0.25) is 10.0 Å². The van der Waals surface area contributed by atoms with E-state index in [4.69, 9.17) is 23.2 Å². The number of nitrogens with one attached hydrogen (secondary N) is 1. The molecule has 1 fully saturated rings. The third kappa shape index (κ3) is 9.21. The van der Waals surface area contributed by atoms with Gasteiger partial charge in [0.2, 0.25) is 21.8 Å². The summed E-state index contributed by atoms with van der Waals surface area (Å²) in [6.07, 6.45) is 5.83. The summed E-state index contributed by atoms with van der Waals surface area (Å²) in [5, 5.41) is 4.25. The minimum Gasteiger partial charge on any atom is -0.352 e. The fourth-order valence-electron chi connectivity index (χ4n) is 5.56. The van der Waals surface area contributed by atoms with Gasteiger partial charge < -0.3 is 10.2 Å². The first-order valence-corrected chi connectivity index (χ1v) is 17.2. The van der Waals surface area contributed by atoms with E-state index in [1.165, 1.54) is 4.31 Å². The maximum Gasteiger partial charge on any atom is 0.243 e. The predicted molar refractivity (Wildman–Crippen MR) is 174 cm³/mol. The third-order valence-corrected chi connectivity index (χ3v) is 9.74. The lowest BCUT2D eigenvalue weighted by Crippen LogP contribution is -2.52. The maximum absolute atomic E-state index is 14.0. The highest BCUT2D eigenvalue weighted by Gasteiger charge is 2.32. The van der Waals surface area contributed by atoms with E-state index >= 15 is 0 Å². The van der Waals surface area contributed by atoms with Gasteiger partial charge in [0.25, 0.3) is 0 Å². The van der Waals surface area contributed by atoms with Crippen molar-refractivity contribution in [2.75, 3.05) is 17.1 Å². The van der Waals surface area contributed by atoms with Crippen molar-refractivity contribution >= 4 is 50.7 Å². The van der Waals surface area contributed by atoms with Crippen LogP contribution in [0.15, 0.2) is 72.8 Å². The van der Waals surface area contributed by atoms with Crippen LogP contribution in [0, 0.1) is 6.92 Å². The van der Waals surface area contributed by atoms with Crippen LogP contribution in [0.3, 0.4) is 0 Å². The van der Waals surface area contributed by atoms with Crippen LogP contribution < -0.4 is 9.62 Å². The van der Waals surface area contributed by atoms with Crippen molar-refractivity contribution in [1.82, 2.24) is 10.2 Å². The Kier molecular flexibility index (Phi) is 11.5. The molecule has 3 aromatic rings. The van der Waals surface area contributed by atoms with Crippen LogP contribution in [0.1, 0.15) is 55.2 Å². The number of carbonyl (C=O) groups excluding carboxylic acids is 2. The number of anilines is 1. The van der Waals surface area contributed by atoms with E-state index in [0.717, 1.165) is 43.1 Å². The van der Waals surface area contributed by atoms with Gasteiger partial charge >= 0.3 is 0 Å². The second-order valence-corrected chi connectivity index (χ2v) is 13.9. The topological polar surface area (TPSA) is 86.8 Å². The summed E-state index contributed by atoms with van der Waals surface area (Å²) in [6, 6.07) is 21.4. The average Bonchev–Trinajstić information content (AvgIpc) is 3.48. The molecule has 1 atom stereocenters. The number of rotatable bonds is 13. The van der Waals surface area contributed by atoms with Crippen molar-refractivity contribution in [2.45, 2.75) is 70.5 Å². The first-order valence-electron chi connectivity index (χ1n) is 14.6. The zero-order valence-corrected chi connectivity index (χ0v) is 27.0. The first kappa shape index (κ1) is 32.8. The van der Waals surface area contributed by atoms with Crippen LogP contribution in [0.5, 0.6) is 0 Å². The van der Waals surface area contributed by atoms with Gasteiger partial charge in [-0.05, 0) is 67.1 Å². The molecule has 4 rings (SSSR count). The molecule has 1 aliphatic rings. The highest BCUT2D eigenvalue weighted by Crippen LogP contribution is 2.29. The fraction of sp³-hybridized carbons (Fsp3) is 0.394. The Balaban J connectivity index is 1.59. The summed E-state index contributed by atoms with van der Waals surface area (Å²) in [5.74, 6) is -0.404. The molecule has 0 spiro atoms. The number of carbonyl (C=O) groups is 2. The van der Waals surface area contributed by atoms with Gasteiger partial charge in [0.15, 0.2) is 0 Å². The number of nitrogens with zero attached hydrogens (tertiary/aromatic N) is 2. The van der Waals surface area contributed by atoms with Crippen molar-refractivity contribution in [3.8, 4) is 0 Å². The van der Waals surface area contributed by atoms with Crippen LogP contribution in [0.4, 0.5) is 5.69 Å². The van der Waals surface area contributed by atoms with E-state index in [1.54, 1.807) is 42.2 Å². The molecule has 7 nitrogen and oxygen atoms in total. The van der Waals surface area contributed by atoms with Crippen LogP contribution >= 0.6 is 23.2 Å². The minimum absolute atomic E-state index is 0.0568. The summed E-state index contributed by atoms with van der Waals surface area (Å²) in [5.41, 5.74) is 2.93. The zero-order valence-electron chi connectivity index (χ0n) is 24.6. The van der Waals surface area contributed by atoms with Crippen molar-refractivity contribution in [2.24, 2.45) is 0 Å². The Morgan fingerprint density at radius 2 is 1.60 bits per heavy atom. The average molecular weight is 645 g/mol. The van der Waals surface area contributed by atoms with E-state index in [2.05, 4.69) is 5.32 Å². The SMILES string of the molecule is Cc1c(Cl)cccc1N(CCCC(=O)N(Cc1ccc(Cl)cc1)C(Cc1ccccc1)C(=O)NC1CCCC1)S(C)(=O)=O. The molecule has 43 heavy (non-hydrogen) atoms. The van der Waals surface area contributed by atoms with Gasteiger partial charge in [-0.1, -0.05) is 84.6 Å². The Morgan fingerprint density at radius 1 is 0.930 bits per heavy atom. The van der Waals surface area contributed by atoms with Gasteiger partial charge in [-0.15, -0.1) is 0 Å². The largest absolute Gasteiger partial charge is 0.352 e. The Bertz CT molecular complexity index is 1490. The van der Waals surface area contributed by atoms with Crippen molar-refractivity contribution < 1.29 is 18.0 Å². The Labute approximate surface area is 265 Å². The molecule has 0 bridgehead atoms. The van der Waals surface area contributed by atoms with E-state index in [-0.39, 0.29) is 43.8 Å². The standard InChI is InChI=1S/C33H39Cl2N3O4S/c1-24-29(35)14-8-15-30(24)38(43(2,41)42)21-9-16-32(39)37(23-26-17-19-27(34)20-18-26)31(22-25-10-4-3-5-11-25)33(40)36-28-12-6-7-13-28/h3-5,8,10-11,14-15,17-20,28,31H,6-7,9,12-13,16,21-23H2,1-2H3,(H,36,40). The Hall–Kier alpha value is -3.07. The molecule has 0 heterocycles. The smallest absolute Gasteiger partial charge is 0.243 e. The van der Waals surface area contributed by atoms with E-state index < -0.39 is 16.1 Å². The lowest BCUT2D eigenvalue weighted by atomic mass is 10.0. The van der Waals surface area contributed by atoms with E-state index in [0.29, 0.717) is 27.7 Å². The van der Waals surface area contributed by atoms with Crippen LogP contribution in [-0.4, -0.2) is 50.0 Å². The number of hydrogen-bond acceptors (Lipinski definition) is 4. The molecular formula is C33H39Cl2N3O4S. The summed E-state index contributed by atoms with van der Waals surface area (Å²) in [7, 11) is -3.64. The number of sulfonamides is 1. The third-order valence-electron chi connectivity index (χ3n) is 7.90. The van der Waals surface area contributed by atoms with E-state index in [1.807, 2.05) is 42.5 Å². The summed E-state index contributed by atoms with van der Waals surface area (Å²) >= 11 is 12.4. The van der Waals surface area contributed by atoms with Gasteiger partial charge in [-0.25, -0.2) is 8.42 Å². The summed E-state index contributed by atoms with van der Waals surface area (Å²) < 4.78 is 26.8. The number of amides is 2. The molecule has 2 amide bonds. The molecule has 3 aromatic carbocycles. The molecule has 230 valence electrons. The highest BCUT2D eigenvalue weighted by molar-refractivity contribution is 7.92. The summed E-state index contributed by atoms with van der Waals surface area (Å²) in [4.78, 5) is 29.5. The van der Waals surface area contributed by atoms with Crippen LogP contribution in [0.25, 0.3) is 0 Å². The molecule has 0 aromatic heterocycles. The van der Waals surface area contributed by atoms with Gasteiger partial charge in [-0.3, -0.25) is 13.9 Å². The lowest BCUT2D eigenvalue weighted by molar-refractivity contribution is -0.141. The van der Waals surface area contributed by atoms with Gasteiger partial charge in [0.05, 0.1) is 11.9 Å². The summed E-state index contributed by atoms with van der Waals surface area (Å²) in [6.45, 7) is 2.08. The van der Waals surface area contributed by atoms with E-state index in [9.17, 15) is 18.0 Å². The minimum atomic E-state index is -3.64. The normalized spacial score (nSPS) is 14.3. The second-order valence-electron chi connectivity index (χ2n) is 11.2. The molecule has 1 aliphatic carbocycles. The van der Waals surface area contributed by atoms with Crippen molar-refractivity contribution in [3.05, 3.63) is 99.5 Å². The molecule has 1 N–H and O–H groups in total.